The van der Waals surface area contributed by atoms with Crippen LogP contribution in [0.5, 0.6) is 0 Å². The number of hydrogen-bond donors (Lipinski definition) is 3. The number of nitrogens with two attached hydrogens (primary N) is 1. The van der Waals surface area contributed by atoms with Gasteiger partial charge in [-0.15, -0.1) is 0 Å². The van der Waals surface area contributed by atoms with Crippen LogP contribution in [-0.4, -0.2) is 17.1 Å². The number of amides is 2. The lowest BCUT2D eigenvalue weighted by Crippen LogP contribution is -2.19. The van der Waals surface area contributed by atoms with E-state index in [1.54, 1.807) is 19.1 Å². The molecular formula is C9H10N2O3. The van der Waals surface area contributed by atoms with E-state index in [4.69, 9.17) is 10.8 Å². The van der Waals surface area contributed by atoms with Crippen LogP contribution in [0.3, 0.4) is 0 Å². The van der Waals surface area contributed by atoms with E-state index in [1.807, 2.05) is 0 Å². The summed E-state index contributed by atoms with van der Waals surface area (Å²) in [5, 5.41) is 11.1. The first-order chi connectivity index (χ1) is 6.50. The van der Waals surface area contributed by atoms with Crippen LogP contribution in [0.15, 0.2) is 18.2 Å². The molecule has 1 aromatic carbocycles. The molecule has 4 N–H and O–H groups in total. The first-order valence-corrected chi connectivity index (χ1v) is 3.91. The standard InChI is InChI=1S/C9H10N2O3/c1-5-2-3-6(11-9(10)14)4-7(5)8(12)13/h2-4H,1H3,(H,12,13)(H3,10,11,14). The Morgan fingerprint density at radius 2 is 2.07 bits per heavy atom. The molecule has 14 heavy (non-hydrogen) atoms. The summed E-state index contributed by atoms with van der Waals surface area (Å²) in [6.45, 7) is 1.68. The zero-order valence-electron chi connectivity index (χ0n) is 7.57. The molecule has 0 aliphatic heterocycles. The molecule has 0 bridgehead atoms. The molecule has 0 saturated carbocycles. The summed E-state index contributed by atoms with van der Waals surface area (Å²) in [6.07, 6.45) is 0. The van der Waals surface area contributed by atoms with Gasteiger partial charge in [-0.25, -0.2) is 9.59 Å². The van der Waals surface area contributed by atoms with Crippen LogP contribution >= 0.6 is 0 Å². The predicted octanol–water partition coefficient (Wildman–Crippen LogP) is 1.18. The van der Waals surface area contributed by atoms with Crippen LogP contribution in [0.25, 0.3) is 0 Å². The van der Waals surface area contributed by atoms with Crippen molar-refractivity contribution in [1.29, 1.82) is 0 Å². The van der Waals surface area contributed by atoms with Gasteiger partial charge >= 0.3 is 12.0 Å². The van der Waals surface area contributed by atoms with Crippen molar-refractivity contribution >= 4 is 17.7 Å². The normalized spacial score (nSPS) is 9.50. The van der Waals surface area contributed by atoms with E-state index in [0.717, 1.165) is 0 Å². The largest absolute Gasteiger partial charge is 0.478 e. The van der Waals surface area contributed by atoms with Gasteiger partial charge in [-0.3, -0.25) is 0 Å². The Morgan fingerprint density at radius 1 is 1.43 bits per heavy atom. The topological polar surface area (TPSA) is 92.4 Å². The second kappa shape index (κ2) is 3.78. The molecule has 1 aromatic rings. The fourth-order valence-electron chi connectivity index (χ4n) is 1.07. The SMILES string of the molecule is Cc1ccc(NC(N)=O)cc1C(=O)O. The number of hydrogen-bond acceptors (Lipinski definition) is 2. The van der Waals surface area contributed by atoms with Crippen LogP contribution in [-0.2, 0) is 0 Å². The van der Waals surface area contributed by atoms with Crippen LogP contribution in [0.4, 0.5) is 10.5 Å². The molecule has 2 amide bonds. The average molecular weight is 194 g/mol. The van der Waals surface area contributed by atoms with Gasteiger partial charge < -0.3 is 16.2 Å². The molecular weight excluding hydrogens is 184 g/mol. The third kappa shape index (κ3) is 2.22. The number of rotatable bonds is 2. The monoisotopic (exact) mass is 194 g/mol. The molecule has 0 aliphatic rings. The molecule has 5 heteroatoms. The fourth-order valence-corrected chi connectivity index (χ4v) is 1.07. The van der Waals surface area contributed by atoms with Crippen molar-refractivity contribution in [3.05, 3.63) is 29.3 Å². The maximum absolute atomic E-state index is 10.7. The lowest BCUT2D eigenvalue weighted by Gasteiger charge is -2.05. The van der Waals surface area contributed by atoms with Crippen molar-refractivity contribution in [1.82, 2.24) is 0 Å². The first-order valence-electron chi connectivity index (χ1n) is 3.91. The van der Waals surface area contributed by atoms with Crippen LogP contribution in [0, 0.1) is 6.92 Å². The van der Waals surface area contributed by atoms with Crippen LogP contribution in [0.2, 0.25) is 0 Å². The maximum Gasteiger partial charge on any atom is 0.336 e. The first kappa shape index (κ1) is 10.0. The van der Waals surface area contributed by atoms with Gasteiger partial charge in [0.25, 0.3) is 0 Å². The van der Waals surface area contributed by atoms with E-state index in [1.165, 1.54) is 6.07 Å². The number of anilines is 1. The Hall–Kier alpha value is -2.04. The zero-order valence-corrected chi connectivity index (χ0v) is 7.57. The van der Waals surface area contributed by atoms with Gasteiger partial charge in [-0.2, -0.15) is 0 Å². The second-order valence-corrected chi connectivity index (χ2v) is 2.82. The molecule has 0 aliphatic carbocycles. The summed E-state index contributed by atoms with van der Waals surface area (Å²) in [4.78, 5) is 21.2. The van der Waals surface area contributed by atoms with Crippen molar-refractivity contribution in [2.75, 3.05) is 5.32 Å². The number of primary amides is 1. The van der Waals surface area contributed by atoms with Crippen molar-refractivity contribution in [3.63, 3.8) is 0 Å². The summed E-state index contributed by atoms with van der Waals surface area (Å²) in [5.41, 5.74) is 6.05. The zero-order chi connectivity index (χ0) is 10.7. The summed E-state index contributed by atoms with van der Waals surface area (Å²) in [6, 6.07) is 3.84. The Balaban J connectivity index is 3.06. The van der Waals surface area contributed by atoms with Crippen molar-refractivity contribution in [2.24, 2.45) is 5.73 Å². The quantitative estimate of drug-likeness (QED) is 0.660. The summed E-state index contributed by atoms with van der Waals surface area (Å²) < 4.78 is 0. The molecule has 0 heterocycles. The molecule has 0 unspecified atom stereocenters. The van der Waals surface area contributed by atoms with Crippen molar-refractivity contribution in [2.45, 2.75) is 6.92 Å². The molecule has 5 nitrogen and oxygen atoms in total. The highest BCUT2D eigenvalue weighted by molar-refractivity contribution is 5.93. The molecule has 1 rings (SSSR count). The number of urea groups is 1. The number of carboxylic acid groups (broad SMARTS) is 1. The minimum absolute atomic E-state index is 0.149. The van der Waals surface area contributed by atoms with E-state index in [0.29, 0.717) is 11.3 Å². The number of carbonyl (C=O) groups excluding carboxylic acids is 1. The molecule has 0 radical (unpaired) electrons. The smallest absolute Gasteiger partial charge is 0.336 e. The van der Waals surface area contributed by atoms with Gasteiger partial charge in [0.2, 0.25) is 0 Å². The number of carboxylic acids is 1. The molecule has 0 spiro atoms. The predicted molar refractivity (Wildman–Crippen MR) is 51.3 cm³/mol. The summed E-state index contributed by atoms with van der Waals surface area (Å²) in [7, 11) is 0. The Morgan fingerprint density at radius 3 is 2.57 bits per heavy atom. The number of benzene rings is 1. The molecule has 0 saturated heterocycles. The lowest BCUT2D eigenvalue weighted by atomic mass is 10.1. The lowest BCUT2D eigenvalue weighted by molar-refractivity contribution is 0.0696. The third-order valence-corrected chi connectivity index (χ3v) is 1.74. The van der Waals surface area contributed by atoms with Gasteiger partial charge in [0, 0.05) is 5.69 Å². The highest BCUT2D eigenvalue weighted by Crippen LogP contribution is 2.14. The van der Waals surface area contributed by atoms with E-state index in [-0.39, 0.29) is 5.56 Å². The number of carbonyl (C=O) groups is 2. The highest BCUT2D eigenvalue weighted by atomic mass is 16.4. The molecule has 0 aromatic heterocycles. The van der Waals surface area contributed by atoms with Crippen molar-refractivity contribution < 1.29 is 14.7 Å². The third-order valence-electron chi connectivity index (χ3n) is 1.74. The average Bonchev–Trinajstić information content (AvgIpc) is 2.07. The van der Waals surface area contributed by atoms with Gasteiger partial charge in [0.1, 0.15) is 0 Å². The van der Waals surface area contributed by atoms with Crippen LogP contribution < -0.4 is 11.1 Å². The minimum atomic E-state index is -1.03. The maximum atomic E-state index is 10.7. The van der Waals surface area contributed by atoms with E-state index >= 15 is 0 Å². The number of aryl methyl sites for hydroxylation is 1. The summed E-state index contributed by atoms with van der Waals surface area (Å²) >= 11 is 0. The minimum Gasteiger partial charge on any atom is -0.478 e. The Bertz CT molecular complexity index is 388. The van der Waals surface area contributed by atoms with E-state index in [9.17, 15) is 9.59 Å². The fraction of sp³-hybridized carbons (Fsp3) is 0.111. The molecule has 0 atom stereocenters. The van der Waals surface area contributed by atoms with E-state index < -0.39 is 12.0 Å². The van der Waals surface area contributed by atoms with Gasteiger partial charge in [0.15, 0.2) is 0 Å². The van der Waals surface area contributed by atoms with Gasteiger partial charge in [-0.05, 0) is 24.6 Å². The number of aromatic carboxylic acids is 1. The van der Waals surface area contributed by atoms with E-state index in [2.05, 4.69) is 5.32 Å². The Labute approximate surface area is 80.5 Å². The highest BCUT2D eigenvalue weighted by Gasteiger charge is 2.07. The second-order valence-electron chi connectivity index (χ2n) is 2.82. The van der Waals surface area contributed by atoms with Gasteiger partial charge in [-0.1, -0.05) is 6.07 Å². The van der Waals surface area contributed by atoms with Gasteiger partial charge in [0.05, 0.1) is 5.56 Å². The van der Waals surface area contributed by atoms with Crippen LogP contribution in [0.1, 0.15) is 15.9 Å². The number of nitrogens with one attached hydrogen (secondary N) is 1. The molecule has 74 valence electrons. The Kier molecular flexibility index (Phi) is 2.71. The summed E-state index contributed by atoms with van der Waals surface area (Å²) in [5.74, 6) is -1.03. The molecule has 0 fully saturated rings. The van der Waals surface area contributed by atoms with Crippen molar-refractivity contribution in [3.8, 4) is 0 Å².